The standard InChI is InChI=1S/C32H62N4O6.C4H10/c1-24(2)26-16-28(21-37)36(20-26)13-15-40-32(10,11)23-42-30(6,7)18-27(35-33)19-34-12-14-39-31(8,9)22-41-29(4,5)17-25(3)38;1-3-4-2/h19,24,26,28,37H,12-18,20-23,33H2,1-11H3;3-4H2,1-2H3/b34-19?,35-27-;. The van der Waals surface area contributed by atoms with Crippen LogP contribution in [0.4, 0.5) is 0 Å². The van der Waals surface area contributed by atoms with Crippen molar-refractivity contribution in [2.75, 3.05) is 52.7 Å². The molecule has 0 aromatic carbocycles. The molecule has 1 fully saturated rings. The lowest BCUT2D eigenvalue weighted by molar-refractivity contribution is -0.135. The number of likely N-dealkylation sites (tertiary alicyclic amines) is 1. The number of ether oxygens (including phenoxy) is 4. The largest absolute Gasteiger partial charge is 0.395 e. The molecule has 0 bridgehead atoms. The highest BCUT2D eigenvalue weighted by Gasteiger charge is 2.33. The van der Waals surface area contributed by atoms with Crippen molar-refractivity contribution < 1.29 is 28.8 Å². The first-order chi connectivity index (χ1) is 21.2. The Labute approximate surface area is 282 Å². The van der Waals surface area contributed by atoms with Crippen LogP contribution in [0.1, 0.15) is 122 Å². The minimum absolute atomic E-state index is 0.0985. The summed E-state index contributed by atoms with van der Waals surface area (Å²) in [5.74, 6) is 7.00. The van der Waals surface area contributed by atoms with E-state index in [4.69, 9.17) is 24.8 Å². The molecule has 0 aromatic rings. The molecular formula is C36H72N4O6. The summed E-state index contributed by atoms with van der Waals surface area (Å²) in [6.07, 6.45) is 6.22. The molecule has 10 nitrogen and oxygen atoms in total. The Kier molecular flexibility index (Phi) is 20.9. The highest BCUT2D eigenvalue weighted by Crippen LogP contribution is 2.29. The summed E-state index contributed by atoms with van der Waals surface area (Å²) in [5, 5.41) is 13.7. The molecule has 46 heavy (non-hydrogen) atoms. The Morgan fingerprint density at radius 2 is 1.41 bits per heavy atom. The first-order valence-corrected chi connectivity index (χ1v) is 17.4. The molecule has 1 aliphatic rings. The van der Waals surface area contributed by atoms with Crippen LogP contribution in [0.15, 0.2) is 10.1 Å². The van der Waals surface area contributed by atoms with Crippen molar-refractivity contribution >= 4 is 17.7 Å². The van der Waals surface area contributed by atoms with Crippen LogP contribution < -0.4 is 5.84 Å². The number of carbonyl (C=O) groups is 1. The van der Waals surface area contributed by atoms with Crippen molar-refractivity contribution in [2.45, 2.75) is 151 Å². The van der Waals surface area contributed by atoms with Gasteiger partial charge >= 0.3 is 0 Å². The average molecular weight is 657 g/mol. The monoisotopic (exact) mass is 657 g/mol. The summed E-state index contributed by atoms with van der Waals surface area (Å²) in [4.78, 5) is 18.2. The van der Waals surface area contributed by atoms with Gasteiger partial charge in [0.15, 0.2) is 0 Å². The van der Waals surface area contributed by atoms with Crippen LogP contribution in [0.5, 0.6) is 0 Å². The molecule has 2 atom stereocenters. The first-order valence-electron chi connectivity index (χ1n) is 17.4. The molecule has 0 amide bonds. The zero-order chi connectivity index (χ0) is 35.6. The van der Waals surface area contributed by atoms with Crippen molar-refractivity contribution in [2.24, 2.45) is 27.8 Å². The second-order valence-electron chi connectivity index (χ2n) is 15.6. The molecule has 0 aromatic heterocycles. The van der Waals surface area contributed by atoms with E-state index in [1.165, 1.54) is 12.8 Å². The van der Waals surface area contributed by atoms with Gasteiger partial charge in [0.05, 0.1) is 67.7 Å². The number of aliphatic hydroxyl groups excluding tert-OH is 1. The Balaban J connectivity index is 0.00000476. The number of hydrogen-bond acceptors (Lipinski definition) is 10. The van der Waals surface area contributed by atoms with Crippen LogP contribution in [0, 0.1) is 11.8 Å². The number of hydrazone groups is 1. The predicted molar refractivity (Wildman–Crippen MR) is 191 cm³/mol. The van der Waals surface area contributed by atoms with E-state index >= 15 is 0 Å². The Morgan fingerprint density at radius 3 is 1.87 bits per heavy atom. The van der Waals surface area contributed by atoms with Gasteiger partial charge in [-0.3, -0.25) is 14.7 Å². The van der Waals surface area contributed by atoms with Crippen molar-refractivity contribution in [3.05, 3.63) is 0 Å². The predicted octanol–water partition coefficient (Wildman–Crippen LogP) is 6.07. The smallest absolute Gasteiger partial charge is 0.132 e. The van der Waals surface area contributed by atoms with E-state index in [2.05, 4.69) is 42.7 Å². The van der Waals surface area contributed by atoms with Crippen LogP contribution >= 0.6 is 0 Å². The molecule has 3 N–H and O–H groups in total. The summed E-state index contributed by atoms with van der Waals surface area (Å²) in [5.41, 5.74) is -1.38. The van der Waals surface area contributed by atoms with Crippen LogP contribution in [0.3, 0.4) is 0 Å². The number of nitrogens with zero attached hydrogens (tertiary/aromatic N) is 3. The number of hydrogen-bond donors (Lipinski definition) is 2. The third-order valence-corrected chi connectivity index (χ3v) is 8.11. The lowest BCUT2D eigenvalue weighted by Gasteiger charge is -2.33. The topological polar surface area (TPSA) is 128 Å². The van der Waals surface area contributed by atoms with Crippen LogP contribution in [-0.2, 0) is 23.7 Å². The number of unbranched alkanes of at least 4 members (excludes halogenated alkanes) is 1. The van der Waals surface area contributed by atoms with Crippen LogP contribution in [0.2, 0.25) is 0 Å². The lowest BCUT2D eigenvalue weighted by Crippen LogP contribution is -2.41. The van der Waals surface area contributed by atoms with Crippen molar-refractivity contribution in [3.8, 4) is 0 Å². The van der Waals surface area contributed by atoms with E-state index in [9.17, 15) is 9.90 Å². The molecule has 0 radical (unpaired) electrons. The molecule has 1 saturated heterocycles. The van der Waals surface area contributed by atoms with Crippen molar-refractivity contribution in [3.63, 3.8) is 0 Å². The van der Waals surface area contributed by atoms with Crippen LogP contribution in [-0.4, -0.2) is 109 Å². The van der Waals surface area contributed by atoms with Gasteiger partial charge in [0.1, 0.15) is 5.78 Å². The zero-order valence-corrected chi connectivity index (χ0v) is 31.9. The second-order valence-corrected chi connectivity index (χ2v) is 15.6. The highest BCUT2D eigenvalue weighted by molar-refractivity contribution is 6.30. The maximum atomic E-state index is 11.4. The second kappa shape index (κ2) is 21.5. The fraction of sp³-hybridized carbons (Fsp3) is 0.917. The number of aliphatic imine (C=N–C) groups is 1. The van der Waals surface area contributed by atoms with Crippen LogP contribution in [0.25, 0.3) is 0 Å². The molecule has 1 rings (SSSR count). The minimum atomic E-state index is -0.526. The fourth-order valence-electron chi connectivity index (χ4n) is 5.04. The van der Waals surface area contributed by atoms with E-state index in [1.54, 1.807) is 13.1 Å². The first kappa shape index (κ1) is 44.6. The SMILES string of the molecule is CC(=O)CC(C)(C)OCC(C)(C)OCCN=C/C(CC(C)(C)OCC(C)(C)OCCN1CC(C(C)C)CC1CO)=N\N.CCCC. The van der Waals surface area contributed by atoms with E-state index in [-0.39, 0.29) is 18.4 Å². The van der Waals surface area contributed by atoms with Gasteiger partial charge in [-0.15, -0.1) is 0 Å². The van der Waals surface area contributed by atoms with E-state index in [0.717, 1.165) is 19.5 Å². The zero-order valence-electron chi connectivity index (χ0n) is 31.9. The Bertz CT molecular complexity index is 899. The lowest BCUT2D eigenvalue weighted by atomic mass is 9.94. The average Bonchev–Trinajstić information content (AvgIpc) is 3.37. The highest BCUT2D eigenvalue weighted by atomic mass is 16.6. The van der Waals surface area contributed by atoms with Crippen molar-refractivity contribution in [1.82, 2.24) is 4.90 Å². The number of rotatable bonds is 22. The molecule has 0 spiro atoms. The fourth-order valence-corrected chi connectivity index (χ4v) is 5.04. The molecule has 0 aliphatic carbocycles. The van der Waals surface area contributed by atoms with E-state index < -0.39 is 22.4 Å². The Morgan fingerprint density at radius 1 is 0.891 bits per heavy atom. The molecule has 1 heterocycles. The maximum Gasteiger partial charge on any atom is 0.132 e. The van der Waals surface area contributed by atoms with Gasteiger partial charge in [0.2, 0.25) is 0 Å². The summed E-state index contributed by atoms with van der Waals surface area (Å²) < 4.78 is 24.4. The van der Waals surface area contributed by atoms with E-state index in [1.807, 2.05) is 55.4 Å². The van der Waals surface area contributed by atoms with Gasteiger partial charge in [-0.2, -0.15) is 5.10 Å². The van der Waals surface area contributed by atoms with Gasteiger partial charge in [-0.05, 0) is 80.6 Å². The number of carbonyl (C=O) groups excluding carboxylic acids is 1. The summed E-state index contributed by atoms with van der Waals surface area (Å²) in [6, 6.07) is 0.220. The van der Waals surface area contributed by atoms with Crippen molar-refractivity contribution in [1.29, 1.82) is 0 Å². The summed E-state index contributed by atoms with van der Waals surface area (Å²) >= 11 is 0. The van der Waals surface area contributed by atoms with E-state index in [0.29, 0.717) is 63.4 Å². The van der Waals surface area contributed by atoms with Gasteiger partial charge in [0.25, 0.3) is 0 Å². The molecular weight excluding hydrogens is 584 g/mol. The molecule has 2 unspecified atom stereocenters. The van der Waals surface area contributed by atoms with Gasteiger partial charge < -0.3 is 29.9 Å². The van der Waals surface area contributed by atoms with Gasteiger partial charge in [0, 0.05) is 38.2 Å². The van der Waals surface area contributed by atoms with Gasteiger partial charge in [-0.1, -0.05) is 40.5 Å². The number of nitrogens with two attached hydrogens (primary N) is 1. The molecule has 272 valence electrons. The molecule has 1 aliphatic heterocycles. The number of ketones is 1. The molecule has 10 heteroatoms. The molecule has 0 saturated carbocycles. The quantitative estimate of drug-likeness (QED) is 0.0622. The van der Waals surface area contributed by atoms with Gasteiger partial charge in [-0.25, -0.2) is 0 Å². The summed E-state index contributed by atoms with van der Waals surface area (Å²) in [6.45, 7) is 30.5. The number of aliphatic hydroxyl groups is 1. The third-order valence-electron chi connectivity index (χ3n) is 8.11. The maximum absolute atomic E-state index is 11.4. The Hall–Kier alpha value is -1.43. The number of Topliss-reactive ketones (excluding diaryl/α,β-unsaturated/α-hetero) is 1. The minimum Gasteiger partial charge on any atom is -0.395 e. The third kappa shape index (κ3) is 20.7. The summed E-state index contributed by atoms with van der Waals surface area (Å²) in [7, 11) is 0. The normalized spacial score (nSPS) is 18.8.